The molecule has 0 saturated carbocycles. The summed E-state index contributed by atoms with van der Waals surface area (Å²) in [6, 6.07) is 1.47. The Balaban J connectivity index is 2.65. The highest BCUT2D eigenvalue weighted by Gasteiger charge is 2.44. The van der Waals surface area contributed by atoms with E-state index in [1.807, 2.05) is 22.6 Å². The van der Waals surface area contributed by atoms with Crippen LogP contribution in [0.3, 0.4) is 0 Å². The number of amides is 1. The van der Waals surface area contributed by atoms with E-state index in [4.69, 9.17) is 4.74 Å². The second-order valence-corrected chi connectivity index (χ2v) is 10.5. The molecule has 2 aromatic rings. The number of methoxy groups -OCH3 is 1. The maximum Gasteiger partial charge on any atom is 0.421 e. The van der Waals surface area contributed by atoms with Crippen LogP contribution in [0.1, 0.15) is 37.9 Å². The van der Waals surface area contributed by atoms with E-state index in [-0.39, 0.29) is 11.0 Å². The molecule has 31 heavy (non-hydrogen) atoms. The number of sulfonamides is 1. The van der Waals surface area contributed by atoms with Gasteiger partial charge in [-0.3, -0.25) is 0 Å². The zero-order chi connectivity index (χ0) is 23.8. The van der Waals surface area contributed by atoms with Gasteiger partial charge in [0, 0.05) is 18.9 Å². The highest BCUT2D eigenvalue weighted by molar-refractivity contribution is 14.1. The zero-order valence-electron chi connectivity index (χ0n) is 17.0. The number of rotatable bonds is 6. The molecule has 0 bridgehead atoms. The van der Waals surface area contributed by atoms with Crippen molar-refractivity contribution in [2.45, 2.75) is 44.6 Å². The standard InChI is InChI=1S/C18H21F3IN3O5S/c1-17(2,3)14(13-9-24(10-30-4)23-15(13)22)25(16(26)27)31(28,29)12-7-5-11(6-8-12)18(19,20)21/h5-9,14H,10H2,1-4H3,(H,26,27). The molecule has 1 N–H and O–H groups in total. The van der Waals surface area contributed by atoms with E-state index >= 15 is 0 Å². The van der Waals surface area contributed by atoms with Crippen molar-refractivity contribution in [2.24, 2.45) is 5.41 Å². The lowest BCUT2D eigenvalue weighted by Gasteiger charge is -2.37. The highest BCUT2D eigenvalue weighted by Crippen LogP contribution is 2.42. The summed E-state index contributed by atoms with van der Waals surface area (Å²) < 4.78 is 72.1. The summed E-state index contributed by atoms with van der Waals surface area (Å²) in [6.45, 7) is 5.02. The van der Waals surface area contributed by atoms with Gasteiger partial charge < -0.3 is 9.84 Å². The number of benzene rings is 1. The van der Waals surface area contributed by atoms with Gasteiger partial charge in [0.2, 0.25) is 0 Å². The lowest BCUT2D eigenvalue weighted by Crippen LogP contribution is -2.44. The van der Waals surface area contributed by atoms with Crippen molar-refractivity contribution in [3.8, 4) is 0 Å². The number of nitrogens with zero attached hydrogens (tertiary/aromatic N) is 3. The molecule has 0 aliphatic carbocycles. The molecule has 1 heterocycles. The third-order valence-corrected chi connectivity index (χ3v) is 6.87. The summed E-state index contributed by atoms with van der Waals surface area (Å²) in [5.41, 5.74) is -1.64. The molecule has 2 rings (SSSR count). The molecule has 0 fully saturated rings. The van der Waals surface area contributed by atoms with Crippen LogP contribution < -0.4 is 0 Å². The second kappa shape index (κ2) is 8.94. The third kappa shape index (κ3) is 5.49. The number of hydrogen-bond donors (Lipinski definition) is 1. The number of halogens is 4. The van der Waals surface area contributed by atoms with Gasteiger partial charge in [0.1, 0.15) is 10.4 Å². The van der Waals surface area contributed by atoms with Crippen LogP contribution in [0.5, 0.6) is 0 Å². The Kier molecular flexibility index (Phi) is 7.32. The minimum atomic E-state index is -4.72. The summed E-state index contributed by atoms with van der Waals surface area (Å²) in [5, 5.41) is 14.1. The van der Waals surface area contributed by atoms with Gasteiger partial charge in [-0.05, 0) is 52.3 Å². The SMILES string of the molecule is COCn1cc(C(N(C(=O)O)S(=O)(=O)c2ccc(C(F)(F)F)cc2)C(C)(C)C)c(I)n1. The fourth-order valence-electron chi connectivity index (χ4n) is 3.02. The number of carbonyl (C=O) groups is 1. The van der Waals surface area contributed by atoms with E-state index in [0.29, 0.717) is 21.4 Å². The van der Waals surface area contributed by atoms with Crippen LogP contribution >= 0.6 is 22.6 Å². The number of hydrogen-bond acceptors (Lipinski definition) is 5. The Morgan fingerprint density at radius 3 is 2.23 bits per heavy atom. The van der Waals surface area contributed by atoms with Crippen molar-refractivity contribution in [1.29, 1.82) is 0 Å². The van der Waals surface area contributed by atoms with Gasteiger partial charge in [-0.2, -0.15) is 22.6 Å². The Hall–Kier alpha value is -1.87. The van der Waals surface area contributed by atoms with Crippen LogP contribution in [0.4, 0.5) is 18.0 Å². The van der Waals surface area contributed by atoms with Gasteiger partial charge in [0.15, 0.2) is 0 Å². The Bertz CT molecular complexity index is 1050. The first-order valence-electron chi connectivity index (χ1n) is 8.77. The van der Waals surface area contributed by atoms with Crippen LogP contribution in [0.2, 0.25) is 0 Å². The van der Waals surface area contributed by atoms with Crippen LogP contribution in [-0.4, -0.2) is 40.8 Å². The highest BCUT2D eigenvalue weighted by atomic mass is 127. The fourth-order valence-corrected chi connectivity index (χ4v) is 5.35. The predicted octanol–water partition coefficient (Wildman–Crippen LogP) is 4.57. The quantitative estimate of drug-likeness (QED) is 0.507. The molecule has 1 atom stereocenters. The maximum atomic E-state index is 13.2. The van der Waals surface area contributed by atoms with Crippen molar-refractivity contribution in [2.75, 3.05) is 7.11 Å². The van der Waals surface area contributed by atoms with Crippen molar-refractivity contribution >= 4 is 38.7 Å². The fraction of sp³-hybridized carbons (Fsp3) is 0.444. The second-order valence-electron chi connectivity index (χ2n) is 7.71. The third-order valence-electron chi connectivity index (χ3n) is 4.28. The van der Waals surface area contributed by atoms with Gasteiger partial charge in [-0.25, -0.2) is 17.9 Å². The molecule has 1 unspecified atom stereocenters. The number of ether oxygens (including phenoxy) is 1. The van der Waals surface area contributed by atoms with E-state index in [0.717, 1.165) is 12.1 Å². The van der Waals surface area contributed by atoms with Crippen molar-refractivity contribution in [3.05, 3.63) is 45.3 Å². The zero-order valence-corrected chi connectivity index (χ0v) is 20.0. The monoisotopic (exact) mass is 575 g/mol. The normalized spacial score (nSPS) is 13.8. The van der Waals surface area contributed by atoms with E-state index in [2.05, 4.69) is 5.10 Å². The molecular formula is C18H21F3IN3O5S. The predicted molar refractivity (Wildman–Crippen MR) is 113 cm³/mol. The number of carboxylic acid groups (broad SMARTS) is 1. The molecule has 1 aromatic heterocycles. The summed E-state index contributed by atoms with van der Waals surface area (Å²) >= 11 is 1.86. The Morgan fingerprint density at radius 2 is 1.81 bits per heavy atom. The average molecular weight is 575 g/mol. The van der Waals surface area contributed by atoms with E-state index in [1.165, 1.54) is 18.0 Å². The van der Waals surface area contributed by atoms with Crippen LogP contribution in [-0.2, 0) is 27.7 Å². The smallest absolute Gasteiger partial charge is 0.421 e. The number of aromatic nitrogens is 2. The minimum Gasteiger partial charge on any atom is -0.464 e. The first kappa shape index (κ1) is 25.4. The Morgan fingerprint density at radius 1 is 1.26 bits per heavy atom. The van der Waals surface area contributed by atoms with E-state index in [9.17, 15) is 31.5 Å². The molecule has 0 aliphatic rings. The van der Waals surface area contributed by atoms with Gasteiger partial charge in [0.25, 0.3) is 10.0 Å². The van der Waals surface area contributed by atoms with Gasteiger partial charge in [-0.1, -0.05) is 20.8 Å². The van der Waals surface area contributed by atoms with Crippen molar-refractivity contribution < 1.29 is 36.2 Å². The molecule has 0 aliphatic heterocycles. The van der Waals surface area contributed by atoms with Crippen molar-refractivity contribution in [1.82, 2.24) is 14.1 Å². The Labute approximate surface area is 191 Å². The summed E-state index contributed by atoms with van der Waals surface area (Å²) in [7, 11) is -3.28. The molecule has 0 spiro atoms. The van der Waals surface area contributed by atoms with E-state index < -0.39 is 44.2 Å². The topological polar surface area (TPSA) is 102 Å². The maximum absolute atomic E-state index is 13.2. The van der Waals surface area contributed by atoms with E-state index in [1.54, 1.807) is 20.8 Å². The average Bonchev–Trinajstić information content (AvgIpc) is 2.97. The molecular weight excluding hydrogens is 554 g/mol. The minimum absolute atomic E-state index is 0.0611. The first-order chi connectivity index (χ1) is 14.1. The molecule has 1 aromatic carbocycles. The van der Waals surface area contributed by atoms with Gasteiger partial charge in [-0.15, -0.1) is 0 Å². The summed E-state index contributed by atoms with van der Waals surface area (Å²) in [5.74, 6) is 0. The molecule has 172 valence electrons. The summed E-state index contributed by atoms with van der Waals surface area (Å²) in [6.07, 6.45) is -4.94. The van der Waals surface area contributed by atoms with Crippen LogP contribution in [0.15, 0.2) is 35.4 Å². The van der Waals surface area contributed by atoms with Gasteiger partial charge >= 0.3 is 12.3 Å². The van der Waals surface area contributed by atoms with Crippen molar-refractivity contribution in [3.63, 3.8) is 0 Å². The lowest BCUT2D eigenvalue weighted by atomic mass is 9.83. The molecule has 13 heteroatoms. The first-order valence-corrected chi connectivity index (χ1v) is 11.3. The molecule has 8 nitrogen and oxygen atoms in total. The molecule has 0 saturated heterocycles. The van der Waals surface area contributed by atoms with Crippen LogP contribution in [0, 0.1) is 9.12 Å². The molecule has 1 amide bonds. The van der Waals surface area contributed by atoms with Gasteiger partial charge in [0.05, 0.1) is 16.5 Å². The summed E-state index contributed by atoms with van der Waals surface area (Å²) in [4.78, 5) is 11.6. The number of alkyl halides is 3. The molecule has 0 radical (unpaired) electrons. The largest absolute Gasteiger partial charge is 0.464 e. The van der Waals surface area contributed by atoms with Crippen LogP contribution in [0.25, 0.3) is 0 Å². The lowest BCUT2D eigenvalue weighted by molar-refractivity contribution is -0.137.